The summed E-state index contributed by atoms with van der Waals surface area (Å²) in [6.07, 6.45) is 2.68. The predicted molar refractivity (Wildman–Crippen MR) is 78.7 cm³/mol. The van der Waals surface area contributed by atoms with Crippen molar-refractivity contribution in [2.24, 2.45) is 0 Å². The fourth-order valence-electron chi connectivity index (χ4n) is 1.65. The summed E-state index contributed by atoms with van der Waals surface area (Å²) in [5.41, 5.74) is 8.20. The van der Waals surface area contributed by atoms with Gasteiger partial charge in [-0.25, -0.2) is 0 Å². The number of rotatable bonds is 4. The summed E-state index contributed by atoms with van der Waals surface area (Å²) >= 11 is 0.906. The molecule has 1 aliphatic rings. The first-order valence-corrected chi connectivity index (χ1v) is 6.80. The average molecular weight is 277 g/mol. The molecule has 2 amide bonds. The summed E-state index contributed by atoms with van der Waals surface area (Å²) < 4.78 is 0. The first kappa shape index (κ1) is 13.5. The zero-order valence-corrected chi connectivity index (χ0v) is 11.3. The van der Waals surface area contributed by atoms with Gasteiger partial charge in [-0.05, 0) is 42.0 Å². The van der Waals surface area contributed by atoms with Crippen molar-refractivity contribution >= 4 is 40.4 Å². The summed E-state index contributed by atoms with van der Waals surface area (Å²) in [7, 11) is 0. The van der Waals surface area contributed by atoms with Gasteiger partial charge < -0.3 is 11.1 Å². The molecule has 0 spiro atoms. The van der Waals surface area contributed by atoms with E-state index in [4.69, 9.17) is 5.73 Å². The van der Waals surface area contributed by atoms with Gasteiger partial charge in [-0.1, -0.05) is 13.0 Å². The Balaban J connectivity index is 2.23. The fraction of sp³-hybridized carbons (Fsp3) is 0.231. The summed E-state index contributed by atoms with van der Waals surface area (Å²) in [6.45, 7) is 2.90. The van der Waals surface area contributed by atoms with Crippen LogP contribution in [-0.2, 0) is 4.79 Å². The number of benzene rings is 1. The molecule has 19 heavy (non-hydrogen) atoms. The number of anilines is 2. The molecule has 0 aromatic heterocycles. The minimum absolute atomic E-state index is 0.337. The van der Waals surface area contributed by atoms with Crippen LogP contribution >= 0.6 is 11.8 Å². The highest BCUT2D eigenvalue weighted by Gasteiger charge is 2.24. The van der Waals surface area contributed by atoms with E-state index in [2.05, 4.69) is 17.6 Å². The molecule has 0 bridgehead atoms. The molecule has 1 heterocycles. The van der Waals surface area contributed by atoms with E-state index in [0.29, 0.717) is 10.6 Å². The maximum Gasteiger partial charge on any atom is 0.290 e. The molecule has 1 fully saturated rings. The maximum absolute atomic E-state index is 11.5. The molecule has 1 aromatic carbocycles. The van der Waals surface area contributed by atoms with Gasteiger partial charge in [0.2, 0.25) is 0 Å². The molecule has 6 heteroatoms. The van der Waals surface area contributed by atoms with Gasteiger partial charge in [-0.15, -0.1) is 0 Å². The van der Waals surface area contributed by atoms with Gasteiger partial charge in [0.25, 0.3) is 11.1 Å². The standard InChI is InChI=1S/C13H15N3O2S/c1-2-5-15-10-6-8(3-4-9(10)14)7-11-12(17)16-13(18)19-11/h3-4,6-7,15H,2,5,14H2,1H3,(H,16,17,18)/b11-7+. The minimum atomic E-state index is -0.352. The number of hydrogen-bond acceptors (Lipinski definition) is 5. The second-order valence-corrected chi connectivity index (χ2v) is 5.14. The van der Waals surface area contributed by atoms with Crippen molar-refractivity contribution in [3.05, 3.63) is 28.7 Å². The number of nitrogens with two attached hydrogens (primary N) is 1. The van der Waals surface area contributed by atoms with Crippen molar-refractivity contribution in [3.63, 3.8) is 0 Å². The molecule has 0 saturated carbocycles. The Bertz CT molecular complexity index is 555. The van der Waals surface area contributed by atoms with Gasteiger partial charge >= 0.3 is 0 Å². The molecule has 0 atom stereocenters. The van der Waals surface area contributed by atoms with Gasteiger partial charge in [0.1, 0.15) is 0 Å². The topological polar surface area (TPSA) is 84.2 Å². The molecule has 4 N–H and O–H groups in total. The number of imide groups is 1. The number of carbonyl (C=O) groups excluding carboxylic acids is 2. The SMILES string of the molecule is CCCNc1cc(/C=C2/SC(=O)NC2=O)ccc1N. The second-order valence-electron chi connectivity index (χ2n) is 4.13. The highest BCUT2D eigenvalue weighted by atomic mass is 32.2. The smallest absolute Gasteiger partial charge is 0.290 e. The second kappa shape index (κ2) is 5.79. The van der Waals surface area contributed by atoms with E-state index >= 15 is 0 Å². The van der Waals surface area contributed by atoms with Crippen LogP contribution in [-0.4, -0.2) is 17.7 Å². The third-order valence-electron chi connectivity index (χ3n) is 2.58. The van der Waals surface area contributed by atoms with Crippen molar-refractivity contribution in [1.82, 2.24) is 5.32 Å². The number of nitrogens with one attached hydrogen (secondary N) is 2. The largest absolute Gasteiger partial charge is 0.397 e. The van der Waals surface area contributed by atoms with Crippen LogP contribution in [0.25, 0.3) is 6.08 Å². The zero-order chi connectivity index (χ0) is 13.8. The van der Waals surface area contributed by atoms with E-state index in [-0.39, 0.29) is 11.1 Å². The van der Waals surface area contributed by atoms with E-state index in [1.165, 1.54) is 0 Å². The van der Waals surface area contributed by atoms with Gasteiger partial charge in [-0.3, -0.25) is 14.9 Å². The van der Waals surface area contributed by atoms with Crippen molar-refractivity contribution in [1.29, 1.82) is 0 Å². The molecule has 2 rings (SSSR count). The maximum atomic E-state index is 11.5. The van der Waals surface area contributed by atoms with E-state index in [1.807, 2.05) is 12.1 Å². The van der Waals surface area contributed by atoms with Crippen molar-refractivity contribution in [2.45, 2.75) is 13.3 Å². The third-order valence-corrected chi connectivity index (χ3v) is 3.39. The Labute approximate surface area is 115 Å². The number of thioether (sulfide) groups is 1. The van der Waals surface area contributed by atoms with Crippen LogP contribution in [0.2, 0.25) is 0 Å². The molecule has 0 aliphatic carbocycles. The van der Waals surface area contributed by atoms with Crippen molar-refractivity contribution < 1.29 is 9.59 Å². The Morgan fingerprint density at radius 1 is 1.42 bits per heavy atom. The van der Waals surface area contributed by atoms with E-state index in [0.717, 1.165) is 36.0 Å². The number of nitrogen functional groups attached to an aromatic ring is 1. The number of amides is 2. The van der Waals surface area contributed by atoms with Crippen LogP contribution < -0.4 is 16.4 Å². The molecule has 1 saturated heterocycles. The van der Waals surface area contributed by atoms with E-state index < -0.39 is 0 Å². The van der Waals surface area contributed by atoms with Crippen LogP contribution in [0.1, 0.15) is 18.9 Å². The number of carbonyl (C=O) groups is 2. The first-order valence-electron chi connectivity index (χ1n) is 5.98. The molecule has 1 aliphatic heterocycles. The minimum Gasteiger partial charge on any atom is -0.397 e. The molecule has 0 radical (unpaired) electrons. The first-order chi connectivity index (χ1) is 9.10. The molecule has 0 unspecified atom stereocenters. The van der Waals surface area contributed by atoms with Gasteiger partial charge in [-0.2, -0.15) is 0 Å². The van der Waals surface area contributed by atoms with Gasteiger partial charge in [0.05, 0.1) is 16.3 Å². The lowest BCUT2D eigenvalue weighted by Gasteiger charge is -2.09. The predicted octanol–water partition coefficient (Wildman–Crippen LogP) is 2.41. The fourth-order valence-corrected chi connectivity index (χ4v) is 2.33. The molecule has 100 valence electrons. The van der Waals surface area contributed by atoms with Crippen LogP contribution in [0, 0.1) is 0 Å². The molecular weight excluding hydrogens is 262 g/mol. The Morgan fingerprint density at radius 3 is 2.84 bits per heavy atom. The Hall–Kier alpha value is -1.95. The van der Waals surface area contributed by atoms with Crippen molar-refractivity contribution in [2.75, 3.05) is 17.6 Å². The average Bonchev–Trinajstić information content (AvgIpc) is 2.68. The normalized spacial score (nSPS) is 16.8. The lowest BCUT2D eigenvalue weighted by Crippen LogP contribution is -2.17. The third kappa shape index (κ3) is 3.29. The summed E-state index contributed by atoms with van der Waals surface area (Å²) in [6, 6.07) is 5.47. The highest BCUT2D eigenvalue weighted by Crippen LogP contribution is 2.27. The quantitative estimate of drug-likeness (QED) is 0.581. The van der Waals surface area contributed by atoms with Gasteiger partial charge in [0, 0.05) is 6.54 Å². The van der Waals surface area contributed by atoms with Crippen molar-refractivity contribution in [3.8, 4) is 0 Å². The Kier molecular flexibility index (Phi) is 4.11. The van der Waals surface area contributed by atoms with E-state index in [9.17, 15) is 9.59 Å². The van der Waals surface area contributed by atoms with Crippen LogP contribution in [0.15, 0.2) is 23.1 Å². The lowest BCUT2D eigenvalue weighted by molar-refractivity contribution is -0.115. The van der Waals surface area contributed by atoms with Gasteiger partial charge in [0.15, 0.2) is 0 Å². The highest BCUT2D eigenvalue weighted by molar-refractivity contribution is 8.18. The summed E-state index contributed by atoms with van der Waals surface area (Å²) in [4.78, 5) is 22.9. The Morgan fingerprint density at radius 2 is 2.21 bits per heavy atom. The monoisotopic (exact) mass is 277 g/mol. The lowest BCUT2D eigenvalue weighted by atomic mass is 10.1. The zero-order valence-electron chi connectivity index (χ0n) is 10.5. The molecule has 5 nitrogen and oxygen atoms in total. The van der Waals surface area contributed by atoms with Crippen LogP contribution in [0.3, 0.4) is 0 Å². The van der Waals surface area contributed by atoms with E-state index in [1.54, 1.807) is 12.1 Å². The summed E-state index contributed by atoms with van der Waals surface area (Å²) in [5.74, 6) is -0.352. The molecular formula is C13H15N3O2S. The summed E-state index contributed by atoms with van der Waals surface area (Å²) in [5, 5.41) is 5.11. The van der Waals surface area contributed by atoms with Crippen LogP contribution in [0.4, 0.5) is 16.2 Å². The van der Waals surface area contributed by atoms with Crippen LogP contribution in [0.5, 0.6) is 0 Å². The number of hydrogen-bond donors (Lipinski definition) is 3. The molecule has 1 aromatic rings.